The van der Waals surface area contributed by atoms with Crippen molar-refractivity contribution in [3.63, 3.8) is 0 Å². The number of hydrogen-bond donors (Lipinski definition) is 2. The summed E-state index contributed by atoms with van der Waals surface area (Å²) in [5.74, 6) is 0.0903. The minimum atomic E-state index is -3.08. The van der Waals surface area contributed by atoms with Gasteiger partial charge in [0.05, 0.1) is 11.0 Å². The van der Waals surface area contributed by atoms with Gasteiger partial charge in [-0.3, -0.25) is 4.79 Å². The third-order valence-corrected chi connectivity index (χ3v) is 5.59. The van der Waals surface area contributed by atoms with Crippen LogP contribution in [-0.4, -0.2) is 33.2 Å². The van der Waals surface area contributed by atoms with Crippen LogP contribution in [0.25, 0.3) is 0 Å². The first-order chi connectivity index (χ1) is 8.58. The highest BCUT2D eigenvalue weighted by Crippen LogP contribution is 2.27. The third kappa shape index (κ3) is 1.81. The van der Waals surface area contributed by atoms with E-state index in [1.165, 1.54) is 0 Å². The molecular formula is C12H14N2O3S. The van der Waals surface area contributed by atoms with Gasteiger partial charge in [0, 0.05) is 25.2 Å². The molecule has 2 aliphatic heterocycles. The van der Waals surface area contributed by atoms with Crippen molar-refractivity contribution < 1.29 is 13.2 Å². The van der Waals surface area contributed by atoms with Gasteiger partial charge in [-0.25, -0.2) is 8.42 Å². The second-order valence-corrected chi connectivity index (χ2v) is 6.96. The standard InChI is InChI=1S/C12H14N2O3S/c15-12-10-2-1-8(5-9(10)6-14-12)11-7-13-3-4-18(11,16)17/h1-2,5,11,13H,3-4,6-7H2,(H,14,15). The SMILES string of the molecule is O=C1NCc2cc(C3CNCCS3(=O)=O)ccc21. The van der Waals surface area contributed by atoms with Crippen LogP contribution in [-0.2, 0) is 16.4 Å². The number of fused-ring (bicyclic) bond motifs is 1. The summed E-state index contributed by atoms with van der Waals surface area (Å²) in [5.41, 5.74) is 2.32. The van der Waals surface area contributed by atoms with Crippen LogP contribution in [0.15, 0.2) is 18.2 Å². The highest BCUT2D eigenvalue weighted by molar-refractivity contribution is 7.91. The fourth-order valence-corrected chi connectivity index (χ4v) is 4.14. The molecule has 1 amide bonds. The van der Waals surface area contributed by atoms with Crippen molar-refractivity contribution in [3.8, 4) is 0 Å². The molecule has 2 aliphatic rings. The second kappa shape index (κ2) is 4.07. The fraction of sp³-hybridized carbons (Fsp3) is 0.417. The molecule has 96 valence electrons. The lowest BCUT2D eigenvalue weighted by Crippen LogP contribution is -2.38. The van der Waals surface area contributed by atoms with Crippen LogP contribution in [0.3, 0.4) is 0 Å². The smallest absolute Gasteiger partial charge is 0.251 e. The van der Waals surface area contributed by atoms with E-state index in [0.29, 0.717) is 25.2 Å². The molecule has 2 heterocycles. The number of amides is 1. The molecule has 1 fully saturated rings. The van der Waals surface area contributed by atoms with Crippen LogP contribution in [0.4, 0.5) is 0 Å². The summed E-state index contributed by atoms with van der Waals surface area (Å²) in [4.78, 5) is 11.4. The monoisotopic (exact) mass is 266 g/mol. The predicted molar refractivity (Wildman–Crippen MR) is 67.0 cm³/mol. The topological polar surface area (TPSA) is 75.3 Å². The Morgan fingerprint density at radius 2 is 2.11 bits per heavy atom. The van der Waals surface area contributed by atoms with Gasteiger partial charge in [-0.15, -0.1) is 0 Å². The van der Waals surface area contributed by atoms with E-state index in [9.17, 15) is 13.2 Å². The first-order valence-electron chi connectivity index (χ1n) is 5.91. The van der Waals surface area contributed by atoms with Crippen molar-refractivity contribution in [1.82, 2.24) is 10.6 Å². The lowest BCUT2D eigenvalue weighted by molar-refractivity contribution is 0.0966. The highest BCUT2D eigenvalue weighted by Gasteiger charge is 2.31. The van der Waals surface area contributed by atoms with E-state index >= 15 is 0 Å². The summed E-state index contributed by atoms with van der Waals surface area (Å²) >= 11 is 0. The lowest BCUT2D eigenvalue weighted by atomic mass is 10.0. The Balaban J connectivity index is 2.00. The van der Waals surface area contributed by atoms with Crippen LogP contribution in [0.2, 0.25) is 0 Å². The molecular weight excluding hydrogens is 252 g/mol. The summed E-state index contributed by atoms with van der Waals surface area (Å²) in [6.07, 6.45) is 0. The molecule has 0 radical (unpaired) electrons. The van der Waals surface area contributed by atoms with Gasteiger partial charge in [0.2, 0.25) is 0 Å². The molecule has 1 saturated heterocycles. The number of carbonyl (C=O) groups is 1. The van der Waals surface area contributed by atoms with Crippen LogP contribution < -0.4 is 10.6 Å². The number of rotatable bonds is 1. The normalized spacial score (nSPS) is 25.6. The third-order valence-electron chi connectivity index (χ3n) is 3.51. The van der Waals surface area contributed by atoms with Crippen molar-refractivity contribution in [2.24, 2.45) is 0 Å². The molecule has 1 aromatic carbocycles. The van der Waals surface area contributed by atoms with Crippen LogP contribution in [0, 0.1) is 0 Å². The molecule has 0 spiro atoms. The van der Waals surface area contributed by atoms with E-state index in [4.69, 9.17) is 0 Å². The van der Waals surface area contributed by atoms with Gasteiger partial charge < -0.3 is 10.6 Å². The molecule has 6 heteroatoms. The highest BCUT2D eigenvalue weighted by atomic mass is 32.2. The van der Waals surface area contributed by atoms with Gasteiger partial charge in [0.25, 0.3) is 5.91 Å². The Morgan fingerprint density at radius 3 is 2.89 bits per heavy atom. The predicted octanol–water partition coefficient (Wildman–Crippen LogP) is -0.0109. The van der Waals surface area contributed by atoms with Crippen molar-refractivity contribution in [1.29, 1.82) is 0 Å². The summed E-state index contributed by atoms with van der Waals surface area (Å²) in [5, 5.41) is 5.34. The average Bonchev–Trinajstić information content (AvgIpc) is 2.70. The first-order valence-corrected chi connectivity index (χ1v) is 7.63. The number of sulfone groups is 1. The van der Waals surface area contributed by atoms with Gasteiger partial charge in [-0.2, -0.15) is 0 Å². The molecule has 1 atom stereocenters. The van der Waals surface area contributed by atoms with Crippen molar-refractivity contribution in [3.05, 3.63) is 34.9 Å². The van der Waals surface area contributed by atoms with E-state index in [-0.39, 0.29) is 11.7 Å². The summed E-state index contributed by atoms with van der Waals surface area (Å²) < 4.78 is 24.0. The van der Waals surface area contributed by atoms with Crippen molar-refractivity contribution in [2.45, 2.75) is 11.8 Å². The average molecular weight is 266 g/mol. The second-order valence-electron chi connectivity index (χ2n) is 4.66. The zero-order valence-corrected chi connectivity index (χ0v) is 10.6. The van der Waals surface area contributed by atoms with Gasteiger partial charge in [0.1, 0.15) is 0 Å². The minimum absolute atomic E-state index is 0.0822. The molecule has 0 saturated carbocycles. The molecule has 3 rings (SSSR count). The molecule has 18 heavy (non-hydrogen) atoms. The maximum atomic E-state index is 12.0. The Morgan fingerprint density at radius 1 is 1.28 bits per heavy atom. The van der Waals surface area contributed by atoms with Crippen LogP contribution in [0.1, 0.15) is 26.7 Å². The minimum Gasteiger partial charge on any atom is -0.348 e. The lowest BCUT2D eigenvalue weighted by Gasteiger charge is -2.23. The van der Waals surface area contributed by atoms with E-state index in [1.54, 1.807) is 12.1 Å². The Labute approximate surface area is 105 Å². The number of carbonyl (C=O) groups excluding carboxylic acids is 1. The molecule has 1 aromatic rings. The maximum Gasteiger partial charge on any atom is 0.251 e. The van der Waals surface area contributed by atoms with Crippen LogP contribution >= 0.6 is 0 Å². The Bertz CT molecular complexity index is 610. The molecule has 0 aromatic heterocycles. The molecule has 0 bridgehead atoms. The molecule has 1 unspecified atom stereocenters. The number of hydrogen-bond acceptors (Lipinski definition) is 4. The van der Waals surface area contributed by atoms with Gasteiger partial charge in [-0.1, -0.05) is 12.1 Å². The first kappa shape index (κ1) is 11.7. The zero-order chi connectivity index (χ0) is 12.8. The Kier molecular flexibility index (Phi) is 2.64. The van der Waals surface area contributed by atoms with E-state index in [0.717, 1.165) is 11.1 Å². The maximum absolute atomic E-state index is 12.0. The Hall–Kier alpha value is -1.40. The van der Waals surface area contributed by atoms with Crippen molar-refractivity contribution >= 4 is 15.7 Å². The van der Waals surface area contributed by atoms with E-state index in [1.807, 2.05) is 6.07 Å². The van der Waals surface area contributed by atoms with E-state index < -0.39 is 15.1 Å². The fourth-order valence-electron chi connectivity index (χ4n) is 2.49. The number of nitrogens with one attached hydrogen (secondary N) is 2. The van der Waals surface area contributed by atoms with Crippen LogP contribution in [0.5, 0.6) is 0 Å². The molecule has 0 aliphatic carbocycles. The van der Waals surface area contributed by atoms with Gasteiger partial charge in [0.15, 0.2) is 9.84 Å². The molecule has 2 N–H and O–H groups in total. The van der Waals surface area contributed by atoms with Crippen molar-refractivity contribution in [2.75, 3.05) is 18.8 Å². The zero-order valence-electron chi connectivity index (χ0n) is 9.77. The molecule has 5 nitrogen and oxygen atoms in total. The summed E-state index contributed by atoms with van der Waals surface area (Å²) in [7, 11) is -3.08. The van der Waals surface area contributed by atoms with Gasteiger partial charge in [-0.05, 0) is 17.2 Å². The van der Waals surface area contributed by atoms with Gasteiger partial charge >= 0.3 is 0 Å². The largest absolute Gasteiger partial charge is 0.348 e. The quantitative estimate of drug-likeness (QED) is 0.749. The summed E-state index contributed by atoms with van der Waals surface area (Å²) in [6, 6.07) is 5.30. The summed E-state index contributed by atoms with van der Waals surface area (Å²) in [6.45, 7) is 1.45. The number of benzene rings is 1. The van der Waals surface area contributed by atoms with E-state index in [2.05, 4.69) is 10.6 Å².